The van der Waals surface area contributed by atoms with Crippen LogP contribution < -0.4 is 10.6 Å². The van der Waals surface area contributed by atoms with Crippen LogP contribution in [0.4, 0.5) is 5.82 Å². The van der Waals surface area contributed by atoms with Gasteiger partial charge in [-0.05, 0) is 19.9 Å². The second-order valence-electron chi connectivity index (χ2n) is 7.02. The molecule has 0 saturated carbocycles. The van der Waals surface area contributed by atoms with Gasteiger partial charge < -0.3 is 10.6 Å². The van der Waals surface area contributed by atoms with Gasteiger partial charge in [0.15, 0.2) is 0 Å². The Morgan fingerprint density at radius 3 is 2.70 bits per heavy atom. The van der Waals surface area contributed by atoms with Crippen molar-refractivity contribution in [3.63, 3.8) is 0 Å². The number of nitrogens with one attached hydrogen (secondary N) is 2. The third kappa shape index (κ3) is 3.87. The molecule has 0 saturated heterocycles. The molecule has 23 heavy (non-hydrogen) atoms. The van der Waals surface area contributed by atoms with Gasteiger partial charge in [-0.25, -0.2) is 15.0 Å². The Labute approximate surface area is 142 Å². The summed E-state index contributed by atoms with van der Waals surface area (Å²) >= 11 is 1.71. The van der Waals surface area contributed by atoms with Crippen molar-refractivity contribution in [1.29, 1.82) is 0 Å². The molecule has 0 amide bonds. The molecule has 2 aromatic rings. The normalized spacial score (nSPS) is 15.1. The van der Waals surface area contributed by atoms with Gasteiger partial charge in [0.1, 0.15) is 16.6 Å². The van der Waals surface area contributed by atoms with Crippen LogP contribution in [0.25, 0.3) is 0 Å². The molecule has 0 fully saturated rings. The molecule has 0 aromatic carbocycles. The number of hydrogen-bond donors (Lipinski definition) is 2. The zero-order chi connectivity index (χ0) is 16.4. The maximum atomic E-state index is 4.75. The number of thiazole rings is 1. The molecule has 0 radical (unpaired) electrons. The fourth-order valence-corrected chi connectivity index (χ4v) is 3.67. The van der Waals surface area contributed by atoms with Gasteiger partial charge in [-0.15, -0.1) is 11.3 Å². The highest BCUT2D eigenvalue weighted by Gasteiger charge is 2.18. The Morgan fingerprint density at radius 2 is 1.96 bits per heavy atom. The van der Waals surface area contributed by atoms with Crippen molar-refractivity contribution in [2.45, 2.75) is 52.5 Å². The third-order valence-electron chi connectivity index (χ3n) is 4.02. The van der Waals surface area contributed by atoms with E-state index < -0.39 is 0 Å². The number of aromatic nitrogens is 3. The first-order valence-corrected chi connectivity index (χ1v) is 9.07. The SMILES string of the molecule is Cc1nc2c(c(NCc3nc(C(C)(C)C)cs3)n1)CCNCC2. The van der Waals surface area contributed by atoms with E-state index in [-0.39, 0.29) is 5.41 Å². The van der Waals surface area contributed by atoms with E-state index in [0.717, 1.165) is 54.8 Å². The van der Waals surface area contributed by atoms with Gasteiger partial charge in [0.25, 0.3) is 0 Å². The predicted molar refractivity (Wildman–Crippen MR) is 95.2 cm³/mol. The molecule has 0 bridgehead atoms. The zero-order valence-electron chi connectivity index (χ0n) is 14.4. The predicted octanol–water partition coefficient (Wildman–Crippen LogP) is 2.84. The van der Waals surface area contributed by atoms with Crippen LogP contribution >= 0.6 is 11.3 Å². The second kappa shape index (κ2) is 6.53. The Balaban J connectivity index is 1.78. The zero-order valence-corrected chi connectivity index (χ0v) is 15.2. The summed E-state index contributed by atoms with van der Waals surface area (Å²) < 4.78 is 0. The average molecular weight is 331 g/mol. The van der Waals surface area contributed by atoms with Crippen molar-refractivity contribution >= 4 is 17.2 Å². The molecule has 1 aliphatic rings. The van der Waals surface area contributed by atoms with Crippen LogP contribution in [0.5, 0.6) is 0 Å². The number of aryl methyl sites for hydroxylation is 1. The summed E-state index contributed by atoms with van der Waals surface area (Å²) in [6.07, 6.45) is 1.95. The molecule has 6 heteroatoms. The molecule has 0 atom stereocenters. The van der Waals surface area contributed by atoms with Crippen molar-refractivity contribution in [3.8, 4) is 0 Å². The molecule has 3 rings (SSSR count). The maximum absolute atomic E-state index is 4.75. The van der Waals surface area contributed by atoms with Crippen LogP contribution in [-0.4, -0.2) is 28.0 Å². The molecule has 3 heterocycles. The first kappa shape index (κ1) is 16.3. The van der Waals surface area contributed by atoms with E-state index in [0.29, 0.717) is 0 Å². The van der Waals surface area contributed by atoms with Gasteiger partial charge in [-0.2, -0.15) is 0 Å². The van der Waals surface area contributed by atoms with Crippen molar-refractivity contribution in [1.82, 2.24) is 20.3 Å². The monoisotopic (exact) mass is 331 g/mol. The van der Waals surface area contributed by atoms with E-state index >= 15 is 0 Å². The summed E-state index contributed by atoms with van der Waals surface area (Å²) in [4.78, 5) is 14.0. The number of hydrogen-bond acceptors (Lipinski definition) is 6. The van der Waals surface area contributed by atoms with Gasteiger partial charge >= 0.3 is 0 Å². The quantitative estimate of drug-likeness (QED) is 0.905. The number of rotatable bonds is 3. The Morgan fingerprint density at radius 1 is 1.17 bits per heavy atom. The number of anilines is 1. The lowest BCUT2D eigenvalue weighted by Gasteiger charge is -2.14. The average Bonchev–Trinajstić information content (AvgIpc) is 2.84. The summed E-state index contributed by atoms with van der Waals surface area (Å²) in [5.74, 6) is 1.81. The molecule has 2 N–H and O–H groups in total. The minimum Gasteiger partial charge on any atom is -0.363 e. The number of fused-ring (bicyclic) bond motifs is 1. The van der Waals surface area contributed by atoms with Crippen molar-refractivity contribution < 1.29 is 0 Å². The minimum absolute atomic E-state index is 0.100. The fourth-order valence-electron chi connectivity index (χ4n) is 2.71. The lowest BCUT2D eigenvalue weighted by atomic mass is 9.93. The van der Waals surface area contributed by atoms with Crippen LogP contribution in [0.1, 0.15) is 48.6 Å². The summed E-state index contributed by atoms with van der Waals surface area (Å²) in [6, 6.07) is 0. The molecule has 1 aliphatic heterocycles. The smallest absolute Gasteiger partial charge is 0.133 e. The van der Waals surface area contributed by atoms with Crippen molar-refractivity contribution in [2.75, 3.05) is 18.4 Å². The molecular formula is C17H25N5S. The van der Waals surface area contributed by atoms with E-state index in [1.54, 1.807) is 11.3 Å². The van der Waals surface area contributed by atoms with Gasteiger partial charge in [0, 0.05) is 29.3 Å². The van der Waals surface area contributed by atoms with E-state index in [1.165, 1.54) is 11.3 Å². The van der Waals surface area contributed by atoms with Gasteiger partial charge in [-0.3, -0.25) is 0 Å². The van der Waals surface area contributed by atoms with Crippen LogP contribution in [0.2, 0.25) is 0 Å². The summed E-state index contributed by atoms with van der Waals surface area (Å²) in [6.45, 7) is 11.2. The first-order chi connectivity index (χ1) is 10.9. The summed E-state index contributed by atoms with van der Waals surface area (Å²) in [7, 11) is 0. The maximum Gasteiger partial charge on any atom is 0.133 e. The van der Waals surface area contributed by atoms with Crippen LogP contribution in [0, 0.1) is 6.92 Å². The molecule has 0 spiro atoms. The highest BCUT2D eigenvalue weighted by Crippen LogP contribution is 2.25. The Bertz CT molecular complexity index is 687. The first-order valence-electron chi connectivity index (χ1n) is 8.19. The van der Waals surface area contributed by atoms with Crippen molar-refractivity contribution in [3.05, 3.63) is 33.2 Å². The fraction of sp³-hybridized carbons (Fsp3) is 0.588. The Kier molecular flexibility index (Phi) is 4.64. The second-order valence-corrected chi connectivity index (χ2v) is 7.97. The topological polar surface area (TPSA) is 62.7 Å². The minimum atomic E-state index is 0.100. The molecule has 0 unspecified atom stereocenters. The van der Waals surface area contributed by atoms with Crippen LogP contribution in [0.3, 0.4) is 0 Å². The van der Waals surface area contributed by atoms with E-state index in [1.807, 2.05) is 6.92 Å². The van der Waals surface area contributed by atoms with Crippen LogP contribution in [0.15, 0.2) is 5.38 Å². The molecule has 2 aromatic heterocycles. The lowest BCUT2D eigenvalue weighted by Crippen LogP contribution is -2.16. The van der Waals surface area contributed by atoms with Gasteiger partial charge in [0.2, 0.25) is 0 Å². The van der Waals surface area contributed by atoms with E-state index in [2.05, 4.69) is 46.8 Å². The van der Waals surface area contributed by atoms with Gasteiger partial charge in [0.05, 0.1) is 17.9 Å². The Hall–Kier alpha value is -1.53. The molecule has 5 nitrogen and oxygen atoms in total. The number of nitrogens with zero attached hydrogens (tertiary/aromatic N) is 3. The molecule has 0 aliphatic carbocycles. The third-order valence-corrected chi connectivity index (χ3v) is 4.87. The standard InChI is InChI=1S/C17H25N5S/c1-11-20-13-6-8-18-7-5-12(13)16(21-11)19-9-15-22-14(10-23-15)17(2,3)4/h10,18H,5-9H2,1-4H3,(H,19,20,21). The lowest BCUT2D eigenvalue weighted by molar-refractivity contribution is 0.571. The summed E-state index contributed by atoms with van der Waals surface area (Å²) in [5, 5.41) is 10.2. The molecular weight excluding hydrogens is 306 g/mol. The highest BCUT2D eigenvalue weighted by molar-refractivity contribution is 7.09. The molecule has 124 valence electrons. The highest BCUT2D eigenvalue weighted by atomic mass is 32.1. The van der Waals surface area contributed by atoms with Gasteiger partial charge in [-0.1, -0.05) is 20.8 Å². The summed E-state index contributed by atoms with van der Waals surface area (Å²) in [5.41, 5.74) is 3.69. The largest absolute Gasteiger partial charge is 0.363 e. The van der Waals surface area contributed by atoms with Crippen molar-refractivity contribution in [2.24, 2.45) is 0 Å². The van der Waals surface area contributed by atoms with E-state index in [9.17, 15) is 0 Å². The van der Waals surface area contributed by atoms with Crippen LogP contribution in [-0.2, 0) is 24.8 Å². The van der Waals surface area contributed by atoms with E-state index in [4.69, 9.17) is 4.98 Å².